The molecule has 0 fully saturated rings. The summed E-state index contributed by atoms with van der Waals surface area (Å²) in [5.74, 6) is -0.658. The highest BCUT2D eigenvalue weighted by Crippen LogP contribution is 2.23. The van der Waals surface area contributed by atoms with Crippen molar-refractivity contribution in [2.24, 2.45) is 0 Å². The summed E-state index contributed by atoms with van der Waals surface area (Å²) in [7, 11) is 0. The molecule has 1 N–H and O–H groups in total. The van der Waals surface area contributed by atoms with Crippen LogP contribution in [0.25, 0.3) is 10.2 Å². The molecule has 2 aromatic carbocycles. The average molecular weight is 341 g/mol. The number of para-hydroxylation sites is 1. The van der Waals surface area contributed by atoms with Gasteiger partial charge in [0.25, 0.3) is 5.69 Å². The number of hydrogen-bond acceptors (Lipinski definition) is 5. The molecule has 0 saturated carbocycles. The van der Waals surface area contributed by atoms with Crippen molar-refractivity contribution in [3.8, 4) is 0 Å². The molecule has 0 saturated heterocycles. The number of benzene rings is 2. The Bertz CT molecular complexity index is 874. The van der Waals surface area contributed by atoms with Crippen LogP contribution < -0.4 is 5.32 Å². The van der Waals surface area contributed by atoms with E-state index in [9.17, 15) is 14.9 Å². The van der Waals surface area contributed by atoms with E-state index in [4.69, 9.17) is 0 Å². The standard InChI is InChI=1S/C17H15N3O3S/c1-11(12-5-4-6-13(9-12)20(22)23)17(21)18-10-16-19-14-7-2-3-8-15(14)24-16/h2-9,11H,10H2,1H3,(H,18,21)/t11-/m0/s1. The van der Waals surface area contributed by atoms with Crippen LogP contribution in [-0.2, 0) is 11.3 Å². The summed E-state index contributed by atoms with van der Waals surface area (Å²) >= 11 is 1.54. The van der Waals surface area contributed by atoms with Crippen LogP contribution in [0.1, 0.15) is 23.4 Å². The fourth-order valence-corrected chi connectivity index (χ4v) is 3.28. The number of hydrogen-bond donors (Lipinski definition) is 1. The molecule has 3 aromatic rings. The Morgan fingerprint density at radius 2 is 2.08 bits per heavy atom. The highest BCUT2D eigenvalue weighted by molar-refractivity contribution is 7.18. The van der Waals surface area contributed by atoms with Crippen LogP contribution in [-0.4, -0.2) is 15.8 Å². The van der Waals surface area contributed by atoms with Gasteiger partial charge in [-0.25, -0.2) is 4.98 Å². The van der Waals surface area contributed by atoms with E-state index in [0.717, 1.165) is 15.2 Å². The molecular weight excluding hydrogens is 326 g/mol. The zero-order chi connectivity index (χ0) is 17.1. The number of amides is 1. The highest BCUT2D eigenvalue weighted by Gasteiger charge is 2.18. The molecule has 1 aromatic heterocycles. The Morgan fingerprint density at radius 1 is 1.29 bits per heavy atom. The molecule has 3 rings (SSSR count). The molecule has 0 aliphatic carbocycles. The van der Waals surface area contributed by atoms with E-state index in [1.54, 1.807) is 19.1 Å². The molecule has 0 aliphatic heterocycles. The lowest BCUT2D eigenvalue weighted by atomic mass is 10.00. The topological polar surface area (TPSA) is 85.1 Å². The van der Waals surface area contributed by atoms with Gasteiger partial charge in [-0.2, -0.15) is 0 Å². The molecule has 0 aliphatic rings. The first-order valence-corrected chi connectivity index (χ1v) is 8.23. The van der Waals surface area contributed by atoms with Gasteiger partial charge in [-0.05, 0) is 24.6 Å². The van der Waals surface area contributed by atoms with Crippen molar-refractivity contribution in [1.29, 1.82) is 0 Å². The number of thiazole rings is 1. The van der Waals surface area contributed by atoms with Crippen LogP contribution in [0.2, 0.25) is 0 Å². The van der Waals surface area contributed by atoms with E-state index in [2.05, 4.69) is 10.3 Å². The Balaban J connectivity index is 1.67. The van der Waals surface area contributed by atoms with E-state index >= 15 is 0 Å². The zero-order valence-electron chi connectivity index (χ0n) is 12.9. The first-order chi connectivity index (χ1) is 11.5. The maximum Gasteiger partial charge on any atom is 0.269 e. The maximum absolute atomic E-state index is 12.3. The van der Waals surface area contributed by atoms with Crippen LogP contribution in [0.3, 0.4) is 0 Å². The normalized spacial score (nSPS) is 12.0. The molecule has 0 spiro atoms. The third-order valence-corrected chi connectivity index (χ3v) is 4.76. The van der Waals surface area contributed by atoms with Gasteiger partial charge >= 0.3 is 0 Å². The van der Waals surface area contributed by atoms with Gasteiger partial charge in [0.05, 0.1) is 27.6 Å². The summed E-state index contributed by atoms with van der Waals surface area (Å²) in [5, 5.41) is 14.5. The molecule has 1 amide bonds. The second-order valence-corrected chi connectivity index (χ2v) is 6.48. The van der Waals surface area contributed by atoms with Crippen LogP contribution in [0, 0.1) is 10.1 Å². The molecular formula is C17H15N3O3S. The number of nitro groups is 1. The van der Waals surface area contributed by atoms with Crippen molar-refractivity contribution in [3.05, 3.63) is 69.2 Å². The number of fused-ring (bicyclic) bond motifs is 1. The van der Waals surface area contributed by atoms with Crippen LogP contribution in [0.4, 0.5) is 5.69 Å². The van der Waals surface area contributed by atoms with Gasteiger partial charge in [0.2, 0.25) is 5.91 Å². The zero-order valence-corrected chi connectivity index (χ0v) is 13.7. The number of aromatic nitrogens is 1. The van der Waals surface area contributed by atoms with Gasteiger partial charge in [-0.15, -0.1) is 11.3 Å². The lowest BCUT2D eigenvalue weighted by Crippen LogP contribution is -2.27. The van der Waals surface area contributed by atoms with Crippen molar-refractivity contribution in [1.82, 2.24) is 10.3 Å². The van der Waals surface area contributed by atoms with Crippen molar-refractivity contribution >= 4 is 33.1 Å². The van der Waals surface area contributed by atoms with Crippen LogP contribution in [0.5, 0.6) is 0 Å². The maximum atomic E-state index is 12.3. The van der Waals surface area contributed by atoms with Gasteiger partial charge in [-0.3, -0.25) is 14.9 Å². The number of rotatable bonds is 5. The van der Waals surface area contributed by atoms with E-state index < -0.39 is 10.8 Å². The number of carbonyl (C=O) groups is 1. The Kier molecular flexibility index (Phi) is 4.52. The summed E-state index contributed by atoms with van der Waals surface area (Å²) in [4.78, 5) is 27.2. The summed E-state index contributed by atoms with van der Waals surface area (Å²) in [5.41, 5.74) is 1.52. The van der Waals surface area contributed by atoms with Gasteiger partial charge in [0.1, 0.15) is 5.01 Å². The third kappa shape index (κ3) is 3.41. The van der Waals surface area contributed by atoms with Crippen molar-refractivity contribution in [3.63, 3.8) is 0 Å². The third-order valence-electron chi connectivity index (χ3n) is 3.73. The summed E-state index contributed by atoms with van der Waals surface area (Å²) in [6, 6.07) is 14.0. The SMILES string of the molecule is C[C@H](C(=O)NCc1nc2ccccc2s1)c1cccc([N+](=O)[O-])c1. The number of nitro benzene ring substituents is 1. The molecule has 0 radical (unpaired) electrons. The molecule has 0 unspecified atom stereocenters. The molecule has 24 heavy (non-hydrogen) atoms. The van der Waals surface area contributed by atoms with E-state index in [0.29, 0.717) is 12.1 Å². The molecule has 122 valence electrons. The second-order valence-electron chi connectivity index (χ2n) is 5.37. The number of nitrogens with zero attached hydrogens (tertiary/aromatic N) is 2. The molecule has 6 nitrogen and oxygen atoms in total. The molecule has 1 heterocycles. The van der Waals surface area contributed by atoms with Gasteiger partial charge in [-0.1, -0.05) is 24.3 Å². The van der Waals surface area contributed by atoms with Crippen LogP contribution in [0.15, 0.2) is 48.5 Å². The van der Waals surface area contributed by atoms with Gasteiger partial charge in [0, 0.05) is 12.1 Å². The monoisotopic (exact) mass is 341 g/mol. The van der Waals surface area contributed by atoms with Crippen molar-refractivity contribution < 1.29 is 9.72 Å². The van der Waals surface area contributed by atoms with Gasteiger partial charge < -0.3 is 5.32 Å². The second kappa shape index (κ2) is 6.76. The van der Waals surface area contributed by atoms with Crippen LogP contribution >= 0.6 is 11.3 Å². The highest BCUT2D eigenvalue weighted by atomic mass is 32.1. The average Bonchev–Trinajstić information content (AvgIpc) is 3.02. The first kappa shape index (κ1) is 16.1. The number of non-ortho nitro benzene ring substituents is 1. The molecule has 0 bridgehead atoms. The smallest absolute Gasteiger partial charge is 0.269 e. The molecule has 7 heteroatoms. The summed E-state index contributed by atoms with van der Waals surface area (Å²) in [6.07, 6.45) is 0. The van der Waals surface area contributed by atoms with Crippen molar-refractivity contribution in [2.45, 2.75) is 19.4 Å². The minimum absolute atomic E-state index is 0.0154. The fourth-order valence-electron chi connectivity index (χ4n) is 2.37. The number of carbonyl (C=O) groups excluding carboxylic acids is 1. The minimum atomic E-state index is -0.473. The quantitative estimate of drug-likeness (QED) is 0.567. The Morgan fingerprint density at radius 3 is 2.83 bits per heavy atom. The molecule has 1 atom stereocenters. The first-order valence-electron chi connectivity index (χ1n) is 7.41. The van der Waals surface area contributed by atoms with E-state index in [1.165, 1.54) is 23.5 Å². The van der Waals surface area contributed by atoms with Crippen molar-refractivity contribution in [2.75, 3.05) is 0 Å². The van der Waals surface area contributed by atoms with Gasteiger partial charge in [0.15, 0.2) is 0 Å². The Labute approximate surface area is 142 Å². The predicted molar refractivity (Wildman–Crippen MR) is 93.0 cm³/mol. The Hall–Kier alpha value is -2.80. The van der Waals surface area contributed by atoms with E-state index in [-0.39, 0.29) is 11.6 Å². The minimum Gasteiger partial charge on any atom is -0.349 e. The lowest BCUT2D eigenvalue weighted by Gasteiger charge is -2.11. The lowest BCUT2D eigenvalue weighted by molar-refractivity contribution is -0.384. The summed E-state index contributed by atoms with van der Waals surface area (Å²) < 4.78 is 1.08. The summed E-state index contributed by atoms with van der Waals surface area (Å²) in [6.45, 7) is 2.07. The predicted octanol–water partition coefficient (Wildman–Crippen LogP) is 3.62. The fraction of sp³-hybridized carbons (Fsp3) is 0.176. The van der Waals surface area contributed by atoms with E-state index in [1.807, 2.05) is 24.3 Å². The number of nitrogens with one attached hydrogen (secondary N) is 1. The largest absolute Gasteiger partial charge is 0.349 e.